The largest absolute Gasteiger partial charge is 0.381 e. The topological polar surface area (TPSA) is 38.5 Å². The van der Waals surface area contributed by atoms with Crippen LogP contribution in [0.4, 0.5) is 5.69 Å². The zero-order valence-electron chi connectivity index (χ0n) is 10.5. The molecule has 2 unspecified atom stereocenters. The standard InChI is InChI=1S/C14H22N2O/c1-2-16(13-6-4-3-5-7-13)10-14(15)12-8-9-17-11-12/h3-7,12,14H,2,8-11,15H2,1H3. The van der Waals surface area contributed by atoms with Gasteiger partial charge in [-0.3, -0.25) is 0 Å². The second-order valence-electron chi connectivity index (χ2n) is 4.66. The Bertz CT molecular complexity index is 322. The van der Waals surface area contributed by atoms with Crippen molar-refractivity contribution in [2.24, 2.45) is 11.7 Å². The second-order valence-corrected chi connectivity index (χ2v) is 4.66. The van der Waals surface area contributed by atoms with Crippen LogP contribution in [0, 0.1) is 5.92 Å². The third kappa shape index (κ3) is 3.20. The first-order chi connectivity index (χ1) is 8.31. The van der Waals surface area contributed by atoms with Crippen molar-refractivity contribution in [2.45, 2.75) is 19.4 Å². The van der Waals surface area contributed by atoms with Crippen LogP contribution in [0.3, 0.4) is 0 Å². The highest BCUT2D eigenvalue weighted by Gasteiger charge is 2.24. The SMILES string of the molecule is CCN(CC(N)C1CCOC1)c1ccccc1. The van der Waals surface area contributed by atoms with Crippen molar-refractivity contribution in [3.63, 3.8) is 0 Å². The van der Waals surface area contributed by atoms with Crippen LogP contribution in [0.1, 0.15) is 13.3 Å². The molecule has 0 aromatic heterocycles. The molecule has 0 radical (unpaired) electrons. The number of ether oxygens (including phenoxy) is 1. The summed E-state index contributed by atoms with van der Waals surface area (Å²) in [7, 11) is 0. The predicted molar refractivity (Wildman–Crippen MR) is 71.2 cm³/mol. The van der Waals surface area contributed by atoms with E-state index < -0.39 is 0 Å². The summed E-state index contributed by atoms with van der Waals surface area (Å²) in [5.74, 6) is 0.521. The van der Waals surface area contributed by atoms with Gasteiger partial charge in [0.2, 0.25) is 0 Å². The van der Waals surface area contributed by atoms with E-state index in [0.717, 1.165) is 32.7 Å². The molecule has 1 heterocycles. The minimum atomic E-state index is 0.206. The number of rotatable bonds is 5. The molecule has 1 fully saturated rings. The van der Waals surface area contributed by atoms with Crippen LogP contribution in [0.25, 0.3) is 0 Å². The van der Waals surface area contributed by atoms with E-state index in [-0.39, 0.29) is 6.04 Å². The molecule has 1 aliphatic rings. The lowest BCUT2D eigenvalue weighted by Gasteiger charge is -2.28. The molecular weight excluding hydrogens is 212 g/mol. The molecule has 2 N–H and O–H groups in total. The number of para-hydroxylation sites is 1. The van der Waals surface area contributed by atoms with E-state index >= 15 is 0 Å². The van der Waals surface area contributed by atoms with Crippen molar-refractivity contribution >= 4 is 5.69 Å². The van der Waals surface area contributed by atoms with Gasteiger partial charge in [-0.1, -0.05) is 18.2 Å². The Morgan fingerprint density at radius 1 is 1.41 bits per heavy atom. The van der Waals surface area contributed by atoms with E-state index in [1.807, 2.05) is 6.07 Å². The van der Waals surface area contributed by atoms with Gasteiger partial charge in [-0.25, -0.2) is 0 Å². The monoisotopic (exact) mass is 234 g/mol. The average molecular weight is 234 g/mol. The Hall–Kier alpha value is -1.06. The Kier molecular flexibility index (Phi) is 4.40. The van der Waals surface area contributed by atoms with Gasteiger partial charge < -0.3 is 15.4 Å². The normalized spacial score (nSPS) is 21.4. The Balaban J connectivity index is 1.95. The third-order valence-corrected chi connectivity index (χ3v) is 3.50. The van der Waals surface area contributed by atoms with Gasteiger partial charge in [-0.15, -0.1) is 0 Å². The van der Waals surface area contributed by atoms with Crippen LogP contribution in [-0.2, 0) is 4.74 Å². The minimum absolute atomic E-state index is 0.206. The molecule has 0 bridgehead atoms. The minimum Gasteiger partial charge on any atom is -0.381 e. The van der Waals surface area contributed by atoms with Crippen LogP contribution < -0.4 is 10.6 Å². The highest BCUT2D eigenvalue weighted by molar-refractivity contribution is 5.45. The number of benzene rings is 1. The predicted octanol–water partition coefficient (Wildman–Crippen LogP) is 1.88. The van der Waals surface area contributed by atoms with Gasteiger partial charge in [0.05, 0.1) is 6.61 Å². The van der Waals surface area contributed by atoms with Gasteiger partial charge >= 0.3 is 0 Å². The van der Waals surface area contributed by atoms with Gasteiger partial charge in [-0.05, 0) is 25.5 Å². The van der Waals surface area contributed by atoms with E-state index in [1.165, 1.54) is 5.69 Å². The fourth-order valence-corrected chi connectivity index (χ4v) is 2.35. The summed E-state index contributed by atoms with van der Waals surface area (Å²) in [6.07, 6.45) is 1.10. The van der Waals surface area contributed by atoms with Crippen LogP contribution in [0.5, 0.6) is 0 Å². The summed E-state index contributed by atoms with van der Waals surface area (Å²) in [5, 5.41) is 0. The maximum Gasteiger partial charge on any atom is 0.0510 e. The molecule has 3 heteroatoms. The molecule has 3 nitrogen and oxygen atoms in total. The van der Waals surface area contributed by atoms with Gasteiger partial charge in [-0.2, -0.15) is 0 Å². The second kappa shape index (κ2) is 6.03. The number of hydrogen-bond donors (Lipinski definition) is 1. The van der Waals surface area contributed by atoms with Crippen LogP contribution >= 0.6 is 0 Å². The lowest BCUT2D eigenvalue weighted by atomic mass is 9.99. The fraction of sp³-hybridized carbons (Fsp3) is 0.571. The van der Waals surface area contributed by atoms with Crippen LogP contribution in [-0.4, -0.2) is 32.3 Å². The van der Waals surface area contributed by atoms with Gasteiger partial charge in [0, 0.05) is 37.3 Å². The molecular formula is C14H22N2O. The summed E-state index contributed by atoms with van der Waals surface area (Å²) < 4.78 is 5.40. The summed E-state index contributed by atoms with van der Waals surface area (Å²) in [6.45, 7) is 5.77. The van der Waals surface area contributed by atoms with Crippen molar-refractivity contribution < 1.29 is 4.74 Å². The third-order valence-electron chi connectivity index (χ3n) is 3.50. The number of nitrogens with zero attached hydrogens (tertiary/aromatic N) is 1. The molecule has 1 aromatic carbocycles. The Morgan fingerprint density at radius 2 is 2.18 bits per heavy atom. The number of likely N-dealkylation sites (N-methyl/N-ethyl adjacent to an activating group) is 1. The summed E-state index contributed by atoms with van der Waals surface area (Å²) >= 11 is 0. The first-order valence-corrected chi connectivity index (χ1v) is 6.44. The van der Waals surface area contributed by atoms with Crippen LogP contribution in [0.15, 0.2) is 30.3 Å². The lowest BCUT2D eigenvalue weighted by Crippen LogP contribution is -2.42. The average Bonchev–Trinajstić information content (AvgIpc) is 2.90. The molecule has 0 saturated carbocycles. The van der Waals surface area contributed by atoms with Gasteiger partial charge in [0.15, 0.2) is 0 Å². The highest BCUT2D eigenvalue weighted by atomic mass is 16.5. The number of anilines is 1. The van der Waals surface area contributed by atoms with E-state index in [0.29, 0.717) is 5.92 Å². The molecule has 2 rings (SSSR count). The van der Waals surface area contributed by atoms with E-state index in [2.05, 4.69) is 36.1 Å². The van der Waals surface area contributed by atoms with Gasteiger partial charge in [0.25, 0.3) is 0 Å². The first kappa shape index (κ1) is 12.4. The van der Waals surface area contributed by atoms with Gasteiger partial charge in [0.1, 0.15) is 0 Å². The van der Waals surface area contributed by atoms with Crippen molar-refractivity contribution in [3.8, 4) is 0 Å². The highest BCUT2D eigenvalue weighted by Crippen LogP contribution is 2.19. The molecule has 0 amide bonds. The van der Waals surface area contributed by atoms with Crippen LogP contribution in [0.2, 0.25) is 0 Å². The van der Waals surface area contributed by atoms with Crippen molar-refractivity contribution in [3.05, 3.63) is 30.3 Å². The fourth-order valence-electron chi connectivity index (χ4n) is 2.35. The zero-order chi connectivity index (χ0) is 12.1. The quantitative estimate of drug-likeness (QED) is 0.845. The van der Waals surface area contributed by atoms with Crippen molar-refractivity contribution in [1.82, 2.24) is 0 Å². The van der Waals surface area contributed by atoms with E-state index in [9.17, 15) is 0 Å². The molecule has 2 atom stereocenters. The first-order valence-electron chi connectivity index (χ1n) is 6.44. The van der Waals surface area contributed by atoms with E-state index in [1.54, 1.807) is 0 Å². The lowest BCUT2D eigenvalue weighted by molar-refractivity contribution is 0.181. The van der Waals surface area contributed by atoms with E-state index in [4.69, 9.17) is 10.5 Å². The molecule has 1 aliphatic heterocycles. The maximum absolute atomic E-state index is 6.27. The zero-order valence-corrected chi connectivity index (χ0v) is 10.5. The number of nitrogens with two attached hydrogens (primary N) is 1. The summed E-state index contributed by atoms with van der Waals surface area (Å²) in [4.78, 5) is 2.34. The maximum atomic E-state index is 6.27. The van der Waals surface area contributed by atoms with Crippen molar-refractivity contribution in [2.75, 3.05) is 31.2 Å². The van der Waals surface area contributed by atoms with Crippen molar-refractivity contribution in [1.29, 1.82) is 0 Å². The molecule has 94 valence electrons. The molecule has 0 spiro atoms. The number of hydrogen-bond acceptors (Lipinski definition) is 3. The molecule has 17 heavy (non-hydrogen) atoms. The Morgan fingerprint density at radius 3 is 2.76 bits per heavy atom. The molecule has 1 saturated heterocycles. The molecule has 0 aliphatic carbocycles. The summed E-state index contributed by atoms with van der Waals surface area (Å²) in [5.41, 5.74) is 7.53. The molecule has 1 aromatic rings. The smallest absolute Gasteiger partial charge is 0.0510 e. The Labute approximate surface area is 104 Å². The summed E-state index contributed by atoms with van der Waals surface area (Å²) in [6, 6.07) is 10.7.